The number of hydrogen-bond donors (Lipinski definition) is 0. The molecule has 0 spiro atoms. The monoisotopic (exact) mass is 262 g/mol. The molecule has 96 valence electrons. The van der Waals surface area contributed by atoms with Gasteiger partial charge in [0.2, 0.25) is 5.91 Å². The first-order valence-electron chi connectivity index (χ1n) is 5.85. The average Bonchev–Trinajstić information content (AvgIpc) is 2.36. The molecule has 0 atom stereocenters. The van der Waals surface area contributed by atoms with E-state index in [1.807, 2.05) is 12.1 Å². The summed E-state index contributed by atoms with van der Waals surface area (Å²) in [5.74, 6) is 0.484. The van der Waals surface area contributed by atoms with Crippen LogP contribution in [0.5, 0.6) is 0 Å². The first-order chi connectivity index (χ1) is 8.54. The minimum atomic E-state index is 0.0634. The van der Waals surface area contributed by atoms with Gasteiger partial charge in [-0.1, -0.05) is 6.07 Å². The molecule has 1 aromatic rings. The Morgan fingerprint density at radius 2 is 2.11 bits per heavy atom. The van der Waals surface area contributed by atoms with Crippen molar-refractivity contribution in [2.24, 2.45) is 0 Å². The molecule has 1 aromatic carbocycles. The number of nitriles is 1. The highest BCUT2D eigenvalue weighted by Crippen LogP contribution is 2.21. The van der Waals surface area contributed by atoms with Crippen LogP contribution in [0.15, 0.2) is 23.1 Å². The van der Waals surface area contributed by atoms with E-state index in [-0.39, 0.29) is 5.91 Å². The van der Waals surface area contributed by atoms with Crippen molar-refractivity contribution in [3.05, 3.63) is 29.3 Å². The lowest BCUT2D eigenvalue weighted by Crippen LogP contribution is -2.29. The van der Waals surface area contributed by atoms with Crippen LogP contribution in [0.4, 0.5) is 0 Å². The van der Waals surface area contributed by atoms with Gasteiger partial charge >= 0.3 is 0 Å². The highest BCUT2D eigenvalue weighted by Gasteiger charge is 2.08. The number of amides is 1. The number of nitrogens with zero attached hydrogens (tertiary/aromatic N) is 2. The second-order valence-electron chi connectivity index (χ2n) is 4.26. The summed E-state index contributed by atoms with van der Waals surface area (Å²) in [6.07, 6.45) is 0.385. The van der Waals surface area contributed by atoms with Crippen molar-refractivity contribution in [2.45, 2.75) is 25.2 Å². The molecule has 3 nitrogen and oxygen atoms in total. The molecule has 0 aliphatic rings. The Hall–Kier alpha value is -1.47. The van der Waals surface area contributed by atoms with E-state index in [1.54, 1.807) is 11.9 Å². The summed E-state index contributed by atoms with van der Waals surface area (Å²) in [4.78, 5) is 14.5. The van der Waals surface area contributed by atoms with Crippen molar-refractivity contribution < 1.29 is 4.79 Å². The van der Waals surface area contributed by atoms with Crippen LogP contribution >= 0.6 is 11.8 Å². The smallest absolute Gasteiger partial charge is 0.232 e. The van der Waals surface area contributed by atoms with Crippen molar-refractivity contribution in [1.82, 2.24) is 4.90 Å². The van der Waals surface area contributed by atoms with E-state index in [0.29, 0.717) is 18.7 Å². The van der Waals surface area contributed by atoms with E-state index in [1.165, 1.54) is 22.9 Å². The first kappa shape index (κ1) is 14.6. The van der Waals surface area contributed by atoms with Gasteiger partial charge in [-0.3, -0.25) is 4.79 Å². The van der Waals surface area contributed by atoms with Crippen LogP contribution in [0.1, 0.15) is 17.5 Å². The fourth-order valence-electron chi connectivity index (χ4n) is 1.40. The number of hydrogen-bond acceptors (Lipinski definition) is 3. The molecule has 0 N–H and O–H groups in total. The Labute approximate surface area is 113 Å². The fraction of sp³-hybridized carbons (Fsp3) is 0.429. The quantitative estimate of drug-likeness (QED) is 0.766. The minimum Gasteiger partial charge on any atom is -0.344 e. The van der Waals surface area contributed by atoms with Gasteiger partial charge < -0.3 is 4.90 Å². The number of carbonyl (C=O) groups is 1. The largest absolute Gasteiger partial charge is 0.344 e. The molecule has 0 aliphatic heterocycles. The van der Waals surface area contributed by atoms with Crippen LogP contribution in [0, 0.1) is 25.2 Å². The molecule has 1 amide bonds. The second kappa shape index (κ2) is 7.07. The Morgan fingerprint density at radius 3 is 2.72 bits per heavy atom. The Balaban J connectivity index is 2.47. The molecule has 0 aliphatic carbocycles. The lowest BCUT2D eigenvalue weighted by Gasteiger charge is -2.15. The average molecular weight is 262 g/mol. The van der Waals surface area contributed by atoms with E-state index in [4.69, 9.17) is 5.26 Å². The van der Waals surface area contributed by atoms with E-state index in [2.05, 4.69) is 26.0 Å². The lowest BCUT2D eigenvalue weighted by atomic mass is 10.1. The van der Waals surface area contributed by atoms with Gasteiger partial charge in [0, 0.05) is 18.5 Å². The first-order valence-corrected chi connectivity index (χ1v) is 6.84. The summed E-state index contributed by atoms with van der Waals surface area (Å²) in [6.45, 7) is 4.65. The number of thioether (sulfide) groups is 1. The molecule has 4 heteroatoms. The third-order valence-corrected chi connectivity index (χ3v) is 3.80. The third kappa shape index (κ3) is 4.42. The molecule has 0 bridgehead atoms. The van der Waals surface area contributed by atoms with Gasteiger partial charge in [-0.2, -0.15) is 5.26 Å². The SMILES string of the molecule is Cc1ccc(SCC(=O)N(C)CCC#N)cc1C. The Morgan fingerprint density at radius 1 is 1.39 bits per heavy atom. The van der Waals surface area contributed by atoms with Crippen LogP contribution in [0.25, 0.3) is 0 Å². The molecule has 0 heterocycles. The molecule has 0 aromatic heterocycles. The van der Waals surface area contributed by atoms with Crippen LogP contribution in [0.3, 0.4) is 0 Å². The van der Waals surface area contributed by atoms with E-state index in [9.17, 15) is 4.79 Å². The summed E-state index contributed by atoms with van der Waals surface area (Å²) in [7, 11) is 1.74. The van der Waals surface area contributed by atoms with Gasteiger partial charge in [0.25, 0.3) is 0 Å². The van der Waals surface area contributed by atoms with Gasteiger partial charge in [-0.25, -0.2) is 0 Å². The lowest BCUT2D eigenvalue weighted by molar-refractivity contribution is -0.127. The van der Waals surface area contributed by atoms with Crippen LogP contribution < -0.4 is 0 Å². The zero-order valence-electron chi connectivity index (χ0n) is 11.1. The second-order valence-corrected chi connectivity index (χ2v) is 5.31. The zero-order valence-corrected chi connectivity index (χ0v) is 11.9. The van der Waals surface area contributed by atoms with Gasteiger partial charge in [0.1, 0.15) is 0 Å². The summed E-state index contributed by atoms with van der Waals surface area (Å²) < 4.78 is 0. The van der Waals surface area contributed by atoms with E-state index in [0.717, 1.165) is 4.90 Å². The fourth-order valence-corrected chi connectivity index (χ4v) is 2.34. The minimum absolute atomic E-state index is 0.0634. The maximum Gasteiger partial charge on any atom is 0.232 e. The topological polar surface area (TPSA) is 44.1 Å². The summed E-state index contributed by atoms with van der Waals surface area (Å²) in [5, 5.41) is 8.47. The van der Waals surface area contributed by atoms with Gasteiger partial charge in [-0.05, 0) is 37.1 Å². The van der Waals surface area contributed by atoms with Crippen molar-refractivity contribution in [3.8, 4) is 6.07 Å². The number of rotatable bonds is 5. The zero-order chi connectivity index (χ0) is 13.5. The summed E-state index contributed by atoms with van der Waals surface area (Å²) >= 11 is 1.54. The number of benzene rings is 1. The standard InChI is InChI=1S/C14H18N2OS/c1-11-5-6-13(9-12(11)2)18-10-14(17)16(3)8-4-7-15/h5-6,9H,4,8,10H2,1-3H3. The summed E-state index contributed by atoms with van der Waals surface area (Å²) in [5.41, 5.74) is 2.50. The normalized spacial score (nSPS) is 9.89. The predicted octanol–water partition coefficient (Wildman–Crippen LogP) is 2.77. The van der Waals surface area contributed by atoms with E-state index >= 15 is 0 Å². The van der Waals surface area contributed by atoms with Crippen molar-refractivity contribution in [1.29, 1.82) is 5.26 Å². The molecule has 0 fully saturated rings. The molecule has 0 saturated heterocycles. The van der Waals surface area contributed by atoms with Gasteiger partial charge in [0.05, 0.1) is 18.2 Å². The van der Waals surface area contributed by atoms with Crippen molar-refractivity contribution >= 4 is 17.7 Å². The molecular formula is C14H18N2OS. The maximum absolute atomic E-state index is 11.8. The maximum atomic E-state index is 11.8. The molecule has 18 heavy (non-hydrogen) atoms. The number of carbonyl (C=O) groups excluding carboxylic acids is 1. The summed E-state index contributed by atoms with van der Waals surface area (Å²) in [6, 6.07) is 8.25. The predicted molar refractivity (Wildman–Crippen MR) is 74.5 cm³/mol. The highest BCUT2D eigenvalue weighted by atomic mass is 32.2. The Kier molecular flexibility index (Phi) is 5.73. The molecular weight excluding hydrogens is 244 g/mol. The molecule has 1 rings (SSSR count). The van der Waals surface area contributed by atoms with Gasteiger partial charge in [0.15, 0.2) is 0 Å². The Bertz CT molecular complexity index is 465. The van der Waals surface area contributed by atoms with Crippen molar-refractivity contribution in [3.63, 3.8) is 0 Å². The third-order valence-electron chi connectivity index (χ3n) is 2.83. The van der Waals surface area contributed by atoms with Crippen molar-refractivity contribution in [2.75, 3.05) is 19.3 Å². The van der Waals surface area contributed by atoms with Gasteiger partial charge in [-0.15, -0.1) is 11.8 Å². The van der Waals surface area contributed by atoms with E-state index < -0.39 is 0 Å². The molecule has 0 unspecified atom stereocenters. The number of aryl methyl sites for hydroxylation is 2. The highest BCUT2D eigenvalue weighted by molar-refractivity contribution is 8.00. The molecule has 0 radical (unpaired) electrons. The molecule has 0 saturated carbocycles. The van der Waals surface area contributed by atoms with Crippen LogP contribution in [-0.2, 0) is 4.79 Å². The van der Waals surface area contributed by atoms with Crippen LogP contribution in [0.2, 0.25) is 0 Å². The van der Waals surface area contributed by atoms with Crippen LogP contribution in [-0.4, -0.2) is 30.2 Å².